The number of carbonyl (C=O) groups is 1. The van der Waals surface area contributed by atoms with Crippen LogP contribution in [0.1, 0.15) is 19.3 Å². The minimum absolute atomic E-state index is 0.211. The predicted molar refractivity (Wildman–Crippen MR) is 44.8 cm³/mol. The number of hydrogen-bond acceptors (Lipinski definition) is 2. The van der Waals surface area contributed by atoms with E-state index in [4.69, 9.17) is 0 Å². The van der Waals surface area contributed by atoms with Crippen LogP contribution in [0.15, 0.2) is 12.4 Å². The van der Waals surface area contributed by atoms with Crippen LogP contribution >= 0.6 is 0 Å². The predicted octanol–water partition coefficient (Wildman–Crippen LogP) is 0.927. The molecule has 0 atom stereocenters. The zero-order chi connectivity index (χ0) is 8.39. The van der Waals surface area contributed by atoms with Crippen LogP contribution in [0.3, 0.4) is 0 Å². The van der Waals surface area contributed by atoms with Gasteiger partial charge in [-0.05, 0) is 12.8 Å². The van der Waals surface area contributed by atoms with Crippen molar-refractivity contribution in [3.63, 3.8) is 0 Å². The van der Waals surface area contributed by atoms with Gasteiger partial charge >= 0.3 is 0 Å². The zero-order valence-electron chi connectivity index (χ0n) is 6.79. The first-order valence-corrected chi connectivity index (χ1v) is 4.17. The Labute approximate surface area is 70.6 Å². The molecular formula is C8H11N3O. The normalized spacial score (nSPS) is 18.3. The van der Waals surface area contributed by atoms with Crippen molar-refractivity contribution >= 4 is 11.6 Å². The fraction of sp³-hybridized carbons (Fsp3) is 0.500. The Morgan fingerprint density at radius 1 is 1.50 bits per heavy atom. The fourth-order valence-corrected chi connectivity index (χ4v) is 1.47. The molecule has 2 heterocycles. The molecule has 4 nitrogen and oxygen atoms in total. The van der Waals surface area contributed by atoms with Gasteiger partial charge in [-0.2, -0.15) is 5.10 Å². The van der Waals surface area contributed by atoms with Crippen molar-refractivity contribution in [1.82, 2.24) is 10.2 Å². The minimum atomic E-state index is 0.211. The summed E-state index contributed by atoms with van der Waals surface area (Å²) < 4.78 is 0. The van der Waals surface area contributed by atoms with Gasteiger partial charge in [0.25, 0.3) is 0 Å². The summed E-state index contributed by atoms with van der Waals surface area (Å²) in [5.74, 6) is 0.211. The highest BCUT2D eigenvalue weighted by Gasteiger charge is 2.19. The highest BCUT2D eigenvalue weighted by Crippen LogP contribution is 2.18. The molecule has 1 fully saturated rings. The number of rotatable bonds is 1. The van der Waals surface area contributed by atoms with Gasteiger partial charge in [0.15, 0.2) is 0 Å². The third-order valence-electron chi connectivity index (χ3n) is 2.12. The van der Waals surface area contributed by atoms with Gasteiger partial charge in [-0.1, -0.05) is 0 Å². The van der Waals surface area contributed by atoms with E-state index in [2.05, 4.69) is 10.2 Å². The Morgan fingerprint density at radius 2 is 2.42 bits per heavy atom. The largest absolute Gasteiger partial charge is 0.310 e. The number of aromatic amines is 1. The van der Waals surface area contributed by atoms with E-state index < -0.39 is 0 Å². The number of anilines is 1. The van der Waals surface area contributed by atoms with Crippen molar-refractivity contribution in [2.45, 2.75) is 19.3 Å². The Kier molecular flexibility index (Phi) is 1.81. The lowest BCUT2D eigenvalue weighted by molar-refractivity contribution is -0.119. The summed E-state index contributed by atoms with van der Waals surface area (Å²) in [5.41, 5.74) is 0.889. The van der Waals surface area contributed by atoms with Crippen molar-refractivity contribution in [3.05, 3.63) is 12.4 Å². The average molecular weight is 165 g/mol. The lowest BCUT2D eigenvalue weighted by atomic mass is 10.1. The van der Waals surface area contributed by atoms with Gasteiger partial charge in [0.1, 0.15) is 0 Å². The average Bonchev–Trinajstić information content (AvgIpc) is 2.57. The number of aromatic nitrogens is 2. The molecule has 0 aliphatic carbocycles. The molecule has 1 aliphatic rings. The van der Waals surface area contributed by atoms with Crippen LogP contribution in [-0.2, 0) is 4.79 Å². The quantitative estimate of drug-likeness (QED) is 0.672. The van der Waals surface area contributed by atoms with Gasteiger partial charge in [-0.25, -0.2) is 0 Å². The number of nitrogens with zero attached hydrogens (tertiary/aromatic N) is 2. The first-order valence-electron chi connectivity index (χ1n) is 4.17. The molecule has 0 saturated carbocycles. The highest BCUT2D eigenvalue weighted by molar-refractivity contribution is 5.93. The molecule has 1 amide bonds. The SMILES string of the molecule is O=C1CCCCN1c1cn[nH]c1. The molecule has 1 aromatic heterocycles. The van der Waals surface area contributed by atoms with Gasteiger partial charge in [0, 0.05) is 19.2 Å². The monoisotopic (exact) mass is 165 g/mol. The van der Waals surface area contributed by atoms with Crippen LogP contribution in [0, 0.1) is 0 Å². The molecule has 0 spiro atoms. The van der Waals surface area contributed by atoms with Gasteiger partial charge in [-0.15, -0.1) is 0 Å². The zero-order valence-corrected chi connectivity index (χ0v) is 6.79. The minimum Gasteiger partial charge on any atom is -0.310 e. The molecule has 0 aromatic carbocycles. The van der Waals surface area contributed by atoms with E-state index in [9.17, 15) is 4.79 Å². The van der Waals surface area contributed by atoms with Gasteiger partial charge in [-0.3, -0.25) is 9.89 Å². The molecule has 0 radical (unpaired) electrons. The number of amides is 1. The topological polar surface area (TPSA) is 49.0 Å². The molecule has 4 heteroatoms. The Balaban J connectivity index is 2.17. The summed E-state index contributed by atoms with van der Waals surface area (Å²) in [6.45, 7) is 0.832. The van der Waals surface area contributed by atoms with Crippen LogP contribution in [0.25, 0.3) is 0 Å². The molecule has 1 aliphatic heterocycles. The van der Waals surface area contributed by atoms with E-state index in [1.165, 1.54) is 0 Å². The maximum atomic E-state index is 11.4. The Morgan fingerprint density at radius 3 is 3.08 bits per heavy atom. The van der Waals surface area contributed by atoms with Crippen LogP contribution in [0.5, 0.6) is 0 Å². The van der Waals surface area contributed by atoms with Crippen LogP contribution in [-0.4, -0.2) is 22.6 Å². The standard InChI is InChI=1S/C8H11N3O/c12-8-3-1-2-4-11(8)7-5-9-10-6-7/h5-6H,1-4H2,(H,9,10). The number of H-pyrrole nitrogens is 1. The van der Waals surface area contributed by atoms with Gasteiger partial charge in [0.05, 0.1) is 11.9 Å². The Bertz CT molecular complexity index is 268. The van der Waals surface area contributed by atoms with Crippen molar-refractivity contribution in [2.75, 3.05) is 11.4 Å². The molecule has 1 saturated heterocycles. The maximum absolute atomic E-state index is 11.4. The van der Waals surface area contributed by atoms with Gasteiger partial charge in [0.2, 0.25) is 5.91 Å². The second-order valence-corrected chi connectivity index (χ2v) is 2.96. The Hall–Kier alpha value is -1.32. The van der Waals surface area contributed by atoms with E-state index in [0.717, 1.165) is 25.1 Å². The third kappa shape index (κ3) is 1.20. The van der Waals surface area contributed by atoms with Crippen molar-refractivity contribution in [3.8, 4) is 0 Å². The van der Waals surface area contributed by atoms with Crippen LogP contribution in [0.4, 0.5) is 5.69 Å². The number of piperidine rings is 1. The first-order chi connectivity index (χ1) is 5.88. The molecule has 1 N–H and O–H groups in total. The van der Waals surface area contributed by atoms with E-state index in [-0.39, 0.29) is 5.91 Å². The second-order valence-electron chi connectivity index (χ2n) is 2.96. The lowest BCUT2D eigenvalue weighted by Gasteiger charge is -2.24. The fourth-order valence-electron chi connectivity index (χ4n) is 1.47. The summed E-state index contributed by atoms with van der Waals surface area (Å²) in [6.07, 6.45) is 6.22. The summed E-state index contributed by atoms with van der Waals surface area (Å²) in [6, 6.07) is 0. The highest BCUT2D eigenvalue weighted by atomic mass is 16.2. The number of nitrogens with one attached hydrogen (secondary N) is 1. The first kappa shape index (κ1) is 7.34. The molecule has 0 bridgehead atoms. The van der Waals surface area contributed by atoms with E-state index in [1.54, 1.807) is 17.3 Å². The second kappa shape index (κ2) is 2.97. The summed E-state index contributed by atoms with van der Waals surface area (Å²) >= 11 is 0. The number of hydrogen-bond donors (Lipinski definition) is 1. The maximum Gasteiger partial charge on any atom is 0.227 e. The third-order valence-corrected chi connectivity index (χ3v) is 2.12. The molecule has 12 heavy (non-hydrogen) atoms. The van der Waals surface area contributed by atoms with Gasteiger partial charge < -0.3 is 4.90 Å². The smallest absolute Gasteiger partial charge is 0.227 e. The van der Waals surface area contributed by atoms with Crippen molar-refractivity contribution in [1.29, 1.82) is 0 Å². The molecule has 0 unspecified atom stereocenters. The molecular weight excluding hydrogens is 154 g/mol. The van der Waals surface area contributed by atoms with Crippen LogP contribution < -0.4 is 4.90 Å². The molecule has 1 aromatic rings. The summed E-state index contributed by atoms with van der Waals surface area (Å²) in [7, 11) is 0. The molecule has 2 rings (SSSR count). The lowest BCUT2D eigenvalue weighted by Crippen LogP contribution is -2.34. The van der Waals surface area contributed by atoms with Crippen molar-refractivity contribution in [2.24, 2.45) is 0 Å². The van der Waals surface area contributed by atoms with Crippen molar-refractivity contribution < 1.29 is 4.79 Å². The van der Waals surface area contributed by atoms with E-state index in [0.29, 0.717) is 6.42 Å². The number of carbonyl (C=O) groups excluding carboxylic acids is 1. The summed E-state index contributed by atoms with van der Waals surface area (Å²) in [5, 5.41) is 6.52. The summed E-state index contributed by atoms with van der Waals surface area (Å²) in [4.78, 5) is 13.2. The van der Waals surface area contributed by atoms with E-state index >= 15 is 0 Å². The molecule has 64 valence electrons. The van der Waals surface area contributed by atoms with E-state index in [1.807, 2.05) is 0 Å². The van der Waals surface area contributed by atoms with Crippen LogP contribution in [0.2, 0.25) is 0 Å².